The number of carbonyl (C=O) groups excluding carboxylic acids is 1. The molecule has 0 radical (unpaired) electrons. The van der Waals surface area contributed by atoms with E-state index in [9.17, 15) is 50.8 Å². The summed E-state index contributed by atoms with van der Waals surface area (Å²) in [6.45, 7) is 11.3. The van der Waals surface area contributed by atoms with Gasteiger partial charge in [-0.05, 0) is 98.7 Å². The molecule has 0 amide bonds. The lowest BCUT2D eigenvalue weighted by Gasteiger charge is -2.58. The molecule has 4 heterocycles. The fourth-order valence-corrected chi connectivity index (χ4v) is 14.0. The second kappa shape index (κ2) is 20.2. The van der Waals surface area contributed by atoms with Gasteiger partial charge in [0.2, 0.25) is 0 Å². The molecule has 384 valence electrons. The van der Waals surface area contributed by atoms with Crippen molar-refractivity contribution in [2.45, 2.75) is 209 Å². The van der Waals surface area contributed by atoms with Crippen molar-refractivity contribution in [1.82, 2.24) is 0 Å². The van der Waals surface area contributed by atoms with Crippen LogP contribution in [-0.4, -0.2) is 189 Å². The van der Waals surface area contributed by atoms with E-state index in [-0.39, 0.29) is 48.1 Å². The summed E-state index contributed by atoms with van der Waals surface area (Å²) in [4.78, 5) is 11.7. The van der Waals surface area contributed by atoms with E-state index in [2.05, 4.69) is 26.8 Å². The number of fused-ring (bicyclic) bond motifs is 7. The predicted octanol–water partition coefficient (Wildman–Crippen LogP) is 0.393. The van der Waals surface area contributed by atoms with Gasteiger partial charge in [-0.25, -0.2) is 0 Å². The standard InChI is InChI=1S/C48H78O19/c1-21(19-61-43-40(57)38(55)35(52)31(18-49)64-43)10-15-48(59-7)22(2)33-30(67-48)17-29-27-9-8-25-16-26(11-13-46(25,5)28(27)12-14-47(29,33)6)63-45-42(39(56)36(53)32(65-45)20-60-24(4)50)66-44-41(58)37(54)34(51)23(3)62-44/h8,21-23,26-45,49,51-58H,9-20H2,1-7H3. The summed E-state index contributed by atoms with van der Waals surface area (Å²) < 4.78 is 54.4. The molecule has 0 aromatic carbocycles. The van der Waals surface area contributed by atoms with Crippen molar-refractivity contribution in [1.29, 1.82) is 0 Å². The average molecular weight is 959 g/mol. The van der Waals surface area contributed by atoms with Gasteiger partial charge in [-0.1, -0.05) is 39.3 Å². The number of carbonyl (C=O) groups is 1. The molecule has 0 spiro atoms. The highest BCUT2D eigenvalue weighted by Crippen LogP contribution is 2.70. The second-order valence-corrected chi connectivity index (χ2v) is 21.8. The Balaban J connectivity index is 0.907. The fraction of sp³-hybridized carbons (Fsp3) is 0.938. The van der Waals surface area contributed by atoms with E-state index in [1.54, 1.807) is 7.11 Å². The van der Waals surface area contributed by atoms with Gasteiger partial charge in [0.15, 0.2) is 24.7 Å². The molecule has 4 saturated heterocycles. The molecule has 9 N–H and O–H groups in total. The Bertz CT molecular complexity index is 1740. The maximum atomic E-state index is 11.7. The van der Waals surface area contributed by atoms with E-state index in [0.717, 1.165) is 32.1 Å². The van der Waals surface area contributed by atoms with Gasteiger partial charge >= 0.3 is 5.97 Å². The Hall–Kier alpha value is -1.47. The Kier molecular flexibility index (Phi) is 15.6. The van der Waals surface area contributed by atoms with Crippen LogP contribution in [0.1, 0.15) is 99.3 Å². The lowest BCUT2D eigenvalue weighted by atomic mass is 9.47. The number of esters is 1. The van der Waals surface area contributed by atoms with Crippen LogP contribution in [0.3, 0.4) is 0 Å². The van der Waals surface area contributed by atoms with Gasteiger partial charge in [0.25, 0.3) is 0 Å². The SMILES string of the molecule is COC1(CCC(C)COC2OC(CO)C(O)C(O)C2O)OC2CC3C4CC=C5CC(OC6OC(COC(C)=O)C(O)C(O)C6OC6OC(C)C(O)C(O)C6O)CCC5(C)C4CCC3(C)C2C1C. The number of methoxy groups -OCH3 is 1. The Morgan fingerprint density at radius 3 is 2.21 bits per heavy atom. The Morgan fingerprint density at radius 1 is 0.821 bits per heavy atom. The number of allylic oxidation sites excluding steroid dienone is 1. The van der Waals surface area contributed by atoms with Crippen molar-refractivity contribution in [3.05, 3.63) is 11.6 Å². The van der Waals surface area contributed by atoms with Crippen molar-refractivity contribution in [3.63, 3.8) is 0 Å². The van der Waals surface area contributed by atoms with E-state index >= 15 is 0 Å². The summed E-state index contributed by atoms with van der Waals surface area (Å²) in [5, 5.41) is 94.3. The highest BCUT2D eigenvalue weighted by molar-refractivity contribution is 5.65. The second-order valence-electron chi connectivity index (χ2n) is 21.8. The largest absolute Gasteiger partial charge is 0.463 e. The Morgan fingerprint density at radius 2 is 1.51 bits per heavy atom. The van der Waals surface area contributed by atoms with E-state index in [4.69, 9.17) is 42.6 Å². The monoisotopic (exact) mass is 959 g/mol. The first-order chi connectivity index (χ1) is 31.7. The van der Waals surface area contributed by atoms with Gasteiger partial charge in [-0.2, -0.15) is 0 Å². The zero-order valence-corrected chi connectivity index (χ0v) is 39.9. The van der Waals surface area contributed by atoms with E-state index < -0.39 is 110 Å². The normalized spacial score (nSPS) is 52.3. The highest BCUT2D eigenvalue weighted by atomic mass is 16.8. The molecule has 26 unspecified atom stereocenters. The third-order valence-electron chi connectivity index (χ3n) is 18.0. The molecule has 19 heteroatoms. The third-order valence-corrected chi connectivity index (χ3v) is 18.0. The molecular weight excluding hydrogens is 881 g/mol. The Labute approximate surface area is 392 Å². The molecule has 0 aromatic rings. The van der Waals surface area contributed by atoms with Gasteiger partial charge in [0.1, 0.15) is 73.8 Å². The summed E-state index contributed by atoms with van der Waals surface area (Å²) in [5.41, 5.74) is 1.30. The molecule has 0 bridgehead atoms. The van der Waals surface area contributed by atoms with Gasteiger partial charge < -0.3 is 88.6 Å². The highest BCUT2D eigenvalue weighted by Gasteiger charge is 2.68. The molecule has 26 atom stereocenters. The smallest absolute Gasteiger partial charge is 0.302 e. The van der Waals surface area contributed by atoms with Crippen molar-refractivity contribution in [2.24, 2.45) is 46.3 Å². The van der Waals surface area contributed by atoms with Crippen molar-refractivity contribution >= 4 is 5.97 Å². The van der Waals surface area contributed by atoms with Crippen LogP contribution in [0.5, 0.6) is 0 Å². The molecular formula is C48H78O19. The zero-order valence-electron chi connectivity index (χ0n) is 39.9. The topological polar surface area (TPSA) is 282 Å². The van der Waals surface area contributed by atoms with Gasteiger partial charge in [-0.3, -0.25) is 4.79 Å². The van der Waals surface area contributed by atoms with Crippen LogP contribution < -0.4 is 0 Å². The summed E-state index contributed by atoms with van der Waals surface area (Å²) in [6, 6.07) is 0. The maximum Gasteiger partial charge on any atom is 0.302 e. The quantitative estimate of drug-likeness (QED) is 0.0841. The van der Waals surface area contributed by atoms with Crippen molar-refractivity contribution < 1.29 is 93.4 Å². The molecule has 67 heavy (non-hydrogen) atoms. The predicted molar refractivity (Wildman–Crippen MR) is 232 cm³/mol. The van der Waals surface area contributed by atoms with Crippen LogP contribution in [0.2, 0.25) is 0 Å². The molecule has 8 rings (SSSR count). The lowest BCUT2D eigenvalue weighted by molar-refractivity contribution is -0.369. The molecule has 8 aliphatic rings. The minimum Gasteiger partial charge on any atom is -0.463 e. The molecule has 0 aromatic heterocycles. The zero-order chi connectivity index (χ0) is 48.5. The van der Waals surface area contributed by atoms with Crippen LogP contribution in [0, 0.1) is 46.3 Å². The summed E-state index contributed by atoms with van der Waals surface area (Å²) in [6.07, 6.45) is -11.0. The van der Waals surface area contributed by atoms with Crippen LogP contribution in [0.25, 0.3) is 0 Å². The summed E-state index contributed by atoms with van der Waals surface area (Å²) >= 11 is 0. The maximum absolute atomic E-state index is 11.7. The number of ether oxygens (including phenoxy) is 9. The van der Waals surface area contributed by atoms with Crippen LogP contribution in [0.4, 0.5) is 0 Å². The van der Waals surface area contributed by atoms with Gasteiger partial charge in [0, 0.05) is 26.4 Å². The number of rotatable bonds is 14. The van der Waals surface area contributed by atoms with Crippen molar-refractivity contribution in [2.75, 3.05) is 26.9 Å². The van der Waals surface area contributed by atoms with Gasteiger partial charge in [-0.15, -0.1) is 0 Å². The lowest BCUT2D eigenvalue weighted by Crippen LogP contribution is -2.64. The van der Waals surface area contributed by atoms with Crippen LogP contribution in [0.15, 0.2) is 11.6 Å². The molecule has 3 saturated carbocycles. The molecule has 19 nitrogen and oxygen atoms in total. The van der Waals surface area contributed by atoms with Crippen molar-refractivity contribution in [3.8, 4) is 0 Å². The average Bonchev–Trinajstić information content (AvgIpc) is 3.76. The van der Waals surface area contributed by atoms with Gasteiger partial charge in [0.05, 0.1) is 31.5 Å². The number of hydrogen-bond acceptors (Lipinski definition) is 19. The number of hydrogen-bond donors (Lipinski definition) is 9. The summed E-state index contributed by atoms with van der Waals surface area (Å²) in [7, 11) is 1.73. The van der Waals surface area contributed by atoms with E-state index in [1.165, 1.54) is 19.4 Å². The minimum atomic E-state index is -1.67. The first-order valence-corrected chi connectivity index (χ1v) is 24.7. The van der Waals surface area contributed by atoms with E-state index in [1.807, 2.05) is 6.92 Å². The summed E-state index contributed by atoms with van der Waals surface area (Å²) in [5.74, 6) is 0.485. The third kappa shape index (κ3) is 9.44. The molecule has 7 fully saturated rings. The molecule has 4 aliphatic heterocycles. The first kappa shape index (κ1) is 51.9. The molecule has 4 aliphatic carbocycles. The number of aliphatic hydroxyl groups excluding tert-OH is 9. The first-order valence-electron chi connectivity index (χ1n) is 24.7. The minimum absolute atomic E-state index is 0.0208. The fourth-order valence-electron chi connectivity index (χ4n) is 14.0. The van der Waals surface area contributed by atoms with E-state index in [0.29, 0.717) is 49.4 Å². The van der Waals surface area contributed by atoms with Crippen LogP contribution in [-0.2, 0) is 47.4 Å². The number of aliphatic hydroxyl groups is 9. The van der Waals surface area contributed by atoms with Crippen LogP contribution >= 0.6 is 0 Å².